The van der Waals surface area contributed by atoms with Gasteiger partial charge >= 0.3 is 5.97 Å². The molecule has 7 heteroatoms. The van der Waals surface area contributed by atoms with Crippen LogP contribution in [-0.4, -0.2) is 29.1 Å². The number of para-hydroxylation sites is 1. The van der Waals surface area contributed by atoms with Gasteiger partial charge in [-0.3, -0.25) is 9.80 Å². The van der Waals surface area contributed by atoms with Crippen molar-refractivity contribution in [2.45, 2.75) is 65.0 Å². The summed E-state index contributed by atoms with van der Waals surface area (Å²) in [5.74, 6) is -2.40. The maximum absolute atomic E-state index is 14.1. The third kappa shape index (κ3) is 4.67. The Kier molecular flexibility index (Phi) is 7.36. The molecule has 3 N–H and O–H groups in total. The van der Waals surface area contributed by atoms with E-state index in [1.54, 1.807) is 24.1 Å². The van der Waals surface area contributed by atoms with Crippen molar-refractivity contribution in [3.05, 3.63) is 66.0 Å². The van der Waals surface area contributed by atoms with Gasteiger partial charge in [0, 0.05) is 12.5 Å². The van der Waals surface area contributed by atoms with E-state index in [-0.39, 0.29) is 11.3 Å². The second-order valence-electron chi connectivity index (χ2n) is 10.5. The number of nitrogens with one attached hydrogen (secondary N) is 2. The number of hydrazine groups is 1. The first-order chi connectivity index (χ1) is 16.0. The number of rotatable bonds is 8. The molecule has 2 aromatic carbocycles. The van der Waals surface area contributed by atoms with Gasteiger partial charge in [0.2, 0.25) is 5.91 Å². The molecule has 0 aromatic heterocycles. The summed E-state index contributed by atoms with van der Waals surface area (Å²) in [5, 5.41) is 15.2. The summed E-state index contributed by atoms with van der Waals surface area (Å²) in [6.45, 7) is 10.2. The van der Waals surface area contributed by atoms with E-state index in [0.29, 0.717) is 24.2 Å². The molecular weight excluding hydrogens is 433 g/mol. The zero-order valence-electron chi connectivity index (χ0n) is 20.7. The molecule has 1 amide bonds. The van der Waals surface area contributed by atoms with Crippen LogP contribution in [0.4, 0.5) is 10.1 Å². The highest BCUT2D eigenvalue weighted by Crippen LogP contribution is 2.50. The fourth-order valence-corrected chi connectivity index (χ4v) is 4.81. The topological polar surface area (TPSA) is 81.7 Å². The Labute approximate surface area is 201 Å². The van der Waals surface area contributed by atoms with Crippen molar-refractivity contribution in [2.75, 3.05) is 11.6 Å². The number of anilines is 1. The number of halogens is 1. The van der Waals surface area contributed by atoms with E-state index in [1.165, 1.54) is 12.1 Å². The number of carbonyl (C=O) groups is 2. The first kappa shape index (κ1) is 25.7. The molecule has 0 bridgehead atoms. The van der Waals surface area contributed by atoms with Crippen molar-refractivity contribution in [1.82, 2.24) is 10.7 Å². The predicted octanol–water partition coefficient (Wildman–Crippen LogP) is 4.86. The van der Waals surface area contributed by atoms with E-state index >= 15 is 0 Å². The Morgan fingerprint density at radius 2 is 1.74 bits per heavy atom. The molecule has 0 saturated carbocycles. The molecule has 3 unspecified atom stereocenters. The Balaban J connectivity index is 2.26. The summed E-state index contributed by atoms with van der Waals surface area (Å²) >= 11 is 0. The van der Waals surface area contributed by atoms with Gasteiger partial charge in [-0.2, -0.15) is 0 Å². The minimum Gasteiger partial charge on any atom is -0.479 e. The highest BCUT2D eigenvalue weighted by atomic mass is 19.1. The second kappa shape index (κ2) is 9.74. The zero-order chi connectivity index (χ0) is 25.1. The summed E-state index contributed by atoms with van der Waals surface area (Å²) in [7, 11) is 0. The van der Waals surface area contributed by atoms with Crippen LogP contribution in [0, 0.1) is 17.2 Å². The Morgan fingerprint density at radius 1 is 1.12 bits per heavy atom. The normalized spacial score (nSPS) is 24.8. The third-order valence-electron chi connectivity index (χ3n) is 6.68. The first-order valence-corrected chi connectivity index (χ1v) is 11.9. The van der Waals surface area contributed by atoms with Crippen molar-refractivity contribution in [3.63, 3.8) is 0 Å². The maximum atomic E-state index is 14.1. The smallest absolute Gasteiger partial charge is 0.331 e. The largest absolute Gasteiger partial charge is 0.479 e. The number of carbonyl (C=O) groups excluding carboxylic acids is 1. The second-order valence-corrected chi connectivity index (χ2v) is 10.5. The molecular formula is C27H36FN3O3. The van der Waals surface area contributed by atoms with E-state index in [4.69, 9.17) is 0 Å². The number of hydrogen-bond acceptors (Lipinski definition) is 4. The highest BCUT2D eigenvalue weighted by Gasteiger charge is 2.66. The number of carboxylic acids is 1. The quantitative estimate of drug-likeness (QED) is 0.515. The van der Waals surface area contributed by atoms with Crippen LogP contribution in [0.25, 0.3) is 0 Å². The third-order valence-corrected chi connectivity index (χ3v) is 6.68. The lowest BCUT2D eigenvalue weighted by Gasteiger charge is -2.38. The average molecular weight is 470 g/mol. The van der Waals surface area contributed by atoms with Crippen LogP contribution in [0.1, 0.15) is 59.4 Å². The maximum Gasteiger partial charge on any atom is 0.331 e. The van der Waals surface area contributed by atoms with E-state index in [9.17, 15) is 19.1 Å². The SMILES string of the molecule is CCCCC1C(C(=O)NCC(C)(C)C)(c2ccc(F)cc2)NN(c2ccccc2)C1(C)C(=O)O. The van der Waals surface area contributed by atoms with Gasteiger partial charge in [0.15, 0.2) is 5.54 Å². The van der Waals surface area contributed by atoms with Crippen LogP contribution in [0.15, 0.2) is 54.6 Å². The predicted molar refractivity (Wildman–Crippen MR) is 132 cm³/mol. The van der Waals surface area contributed by atoms with Crippen molar-refractivity contribution in [2.24, 2.45) is 11.3 Å². The molecule has 6 nitrogen and oxygen atoms in total. The Bertz CT molecular complexity index is 1010. The molecule has 1 saturated heterocycles. The number of aliphatic carboxylic acids is 1. The van der Waals surface area contributed by atoms with Gasteiger partial charge in [-0.1, -0.05) is 70.9 Å². The van der Waals surface area contributed by atoms with Gasteiger partial charge in [0.25, 0.3) is 0 Å². The van der Waals surface area contributed by atoms with E-state index in [1.807, 2.05) is 58.0 Å². The van der Waals surface area contributed by atoms with Gasteiger partial charge in [0.1, 0.15) is 11.4 Å². The highest BCUT2D eigenvalue weighted by molar-refractivity contribution is 5.94. The van der Waals surface area contributed by atoms with E-state index in [2.05, 4.69) is 10.7 Å². The molecule has 1 fully saturated rings. The lowest BCUT2D eigenvalue weighted by atomic mass is 9.67. The fourth-order valence-electron chi connectivity index (χ4n) is 4.81. The minimum absolute atomic E-state index is 0.174. The molecule has 1 heterocycles. The monoisotopic (exact) mass is 469 g/mol. The minimum atomic E-state index is -1.44. The summed E-state index contributed by atoms with van der Waals surface area (Å²) < 4.78 is 13.9. The molecule has 3 atom stereocenters. The molecule has 1 aliphatic rings. The summed E-state index contributed by atoms with van der Waals surface area (Å²) in [4.78, 5) is 27.0. The number of carboxylic acid groups (broad SMARTS) is 1. The van der Waals surface area contributed by atoms with Gasteiger partial charge in [-0.05, 0) is 48.6 Å². The first-order valence-electron chi connectivity index (χ1n) is 11.9. The molecule has 0 radical (unpaired) electrons. The number of hydrogen-bond donors (Lipinski definition) is 3. The van der Waals surface area contributed by atoms with E-state index in [0.717, 1.165) is 12.8 Å². The van der Waals surface area contributed by atoms with Gasteiger partial charge < -0.3 is 10.4 Å². The molecule has 1 aliphatic heterocycles. The molecule has 0 spiro atoms. The number of nitrogens with zero attached hydrogens (tertiary/aromatic N) is 1. The van der Waals surface area contributed by atoms with E-state index < -0.39 is 28.8 Å². The van der Waals surface area contributed by atoms with Gasteiger partial charge in [-0.15, -0.1) is 0 Å². The summed E-state index contributed by atoms with van der Waals surface area (Å²) in [6, 6.07) is 14.9. The average Bonchev–Trinajstić information content (AvgIpc) is 3.07. The van der Waals surface area contributed by atoms with Crippen LogP contribution in [0.2, 0.25) is 0 Å². The van der Waals surface area contributed by atoms with Gasteiger partial charge in [0.05, 0.1) is 5.69 Å². The van der Waals surface area contributed by atoms with Gasteiger partial charge in [-0.25, -0.2) is 14.6 Å². The van der Waals surface area contributed by atoms with Crippen LogP contribution in [0.3, 0.4) is 0 Å². The van der Waals surface area contributed by atoms with Crippen LogP contribution < -0.4 is 15.8 Å². The van der Waals surface area contributed by atoms with Crippen LogP contribution in [0.5, 0.6) is 0 Å². The summed E-state index contributed by atoms with van der Waals surface area (Å²) in [5.41, 5.74) is 1.50. The Hall–Kier alpha value is -2.93. The zero-order valence-corrected chi connectivity index (χ0v) is 20.7. The molecule has 0 aliphatic carbocycles. The van der Waals surface area contributed by atoms with Crippen molar-refractivity contribution >= 4 is 17.6 Å². The molecule has 3 rings (SSSR count). The number of amides is 1. The fraction of sp³-hybridized carbons (Fsp3) is 0.481. The summed E-state index contributed by atoms with van der Waals surface area (Å²) in [6.07, 6.45) is 2.09. The van der Waals surface area contributed by atoms with Crippen molar-refractivity contribution in [1.29, 1.82) is 0 Å². The number of benzene rings is 2. The van der Waals surface area contributed by atoms with Crippen molar-refractivity contribution < 1.29 is 19.1 Å². The van der Waals surface area contributed by atoms with Crippen LogP contribution in [-0.2, 0) is 15.1 Å². The van der Waals surface area contributed by atoms with Crippen LogP contribution >= 0.6 is 0 Å². The van der Waals surface area contributed by atoms with Crippen molar-refractivity contribution in [3.8, 4) is 0 Å². The standard InChI is InChI=1S/C27H36FN3O3/c1-6-7-13-22-26(5,24(33)34)31(21-11-9-8-10-12-21)30-27(22,19-14-16-20(28)17-15-19)23(32)29-18-25(2,3)4/h8-12,14-17,22,30H,6-7,13,18H2,1-5H3,(H,29,32)(H,33,34). The Morgan fingerprint density at radius 3 is 2.26 bits per heavy atom. The lowest BCUT2D eigenvalue weighted by Crippen LogP contribution is -2.57. The lowest BCUT2D eigenvalue weighted by molar-refractivity contribution is -0.145. The molecule has 2 aromatic rings. The molecule has 184 valence electrons. The molecule has 34 heavy (non-hydrogen) atoms. The number of unbranched alkanes of at least 4 members (excludes halogenated alkanes) is 1.